The van der Waals surface area contributed by atoms with Crippen LogP contribution in [0.2, 0.25) is 0 Å². The third-order valence-electron chi connectivity index (χ3n) is 5.41. The van der Waals surface area contributed by atoms with Crippen molar-refractivity contribution in [2.45, 2.75) is 39.8 Å². The van der Waals surface area contributed by atoms with Crippen LogP contribution in [0.1, 0.15) is 39.2 Å². The fraction of sp³-hybridized carbons (Fsp3) is 0.304. The van der Waals surface area contributed by atoms with E-state index < -0.39 is 0 Å². The van der Waals surface area contributed by atoms with Crippen molar-refractivity contribution in [3.63, 3.8) is 0 Å². The van der Waals surface area contributed by atoms with Crippen molar-refractivity contribution < 1.29 is 4.42 Å². The maximum absolute atomic E-state index is 6.37. The number of hydrogen-bond acceptors (Lipinski definition) is 3. The molecule has 134 valence electrons. The number of hydrogen-bond donors (Lipinski definition) is 0. The van der Waals surface area contributed by atoms with E-state index in [1.54, 1.807) is 0 Å². The number of para-hydroxylation sites is 1. The molecule has 1 atom stereocenters. The number of nitrogens with zero attached hydrogens (tertiary/aromatic N) is 2. The second-order valence-corrected chi connectivity index (χ2v) is 6.93. The van der Waals surface area contributed by atoms with Gasteiger partial charge in [0.1, 0.15) is 11.7 Å². The lowest BCUT2D eigenvalue weighted by atomic mass is 9.97. The van der Waals surface area contributed by atoms with E-state index >= 15 is 0 Å². The van der Waals surface area contributed by atoms with E-state index in [0.29, 0.717) is 0 Å². The molecule has 0 fully saturated rings. The van der Waals surface area contributed by atoms with E-state index in [-0.39, 0.29) is 6.17 Å². The molecule has 1 aliphatic rings. The van der Waals surface area contributed by atoms with Crippen molar-refractivity contribution in [3.05, 3.63) is 60.4 Å². The van der Waals surface area contributed by atoms with Gasteiger partial charge in [-0.1, -0.05) is 44.2 Å². The molecular formula is C23H26N2O. The fourth-order valence-electron chi connectivity index (χ4n) is 3.86. The van der Waals surface area contributed by atoms with Gasteiger partial charge in [0.15, 0.2) is 5.58 Å². The summed E-state index contributed by atoms with van der Waals surface area (Å²) in [6.07, 6.45) is 8.93. The third kappa shape index (κ3) is 2.50. The second kappa shape index (κ2) is 6.56. The van der Waals surface area contributed by atoms with E-state index in [1.165, 1.54) is 27.6 Å². The minimum atomic E-state index is 0.257. The van der Waals surface area contributed by atoms with E-state index in [4.69, 9.17) is 4.42 Å². The van der Waals surface area contributed by atoms with Crippen LogP contribution >= 0.6 is 0 Å². The molecule has 0 radical (unpaired) electrons. The zero-order valence-electron chi connectivity index (χ0n) is 16.0. The highest BCUT2D eigenvalue weighted by atomic mass is 16.3. The average molecular weight is 346 g/mol. The van der Waals surface area contributed by atoms with Crippen LogP contribution in [0.25, 0.3) is 27.5 Å². The van der Waals surface area contributed by atoms with Crippen molar-refractivity contribution in [2.24, 2.45) is 0 Å². The highest BCUT2D eigenvalue weighted by Gasteiger charge is 2.27. The number of furan rings is 1. The topological polar surface area (TPSA) is 19.6 Å². The summed E-state index contributed by atoms with van der Waals surface area (Å²) in [5, 5.41) is 2.36. The number of fused-ring (bicyclic) bond motifs is 3. The monoisotopic (exact) mass is 346 g/mol. The molecule has 0 spiro atoms. The van der Waals surface area contributed by atoms with Crippen molar-refractivity contribution in [3.8, 4) is 0 Å². The smallest absolute Gasteiger partial charge is 0.159 e. The molecule has 4 rings (SSSR count). The van der Waals surface area contributed by atoms with Gasteiger partial charge in [-0.15, -0.1) is 0 Å². The molecule has 3 heteroatoms. The molecule has 3 nitrogen and oxygen atoms in total. The zero-order valence-corrected chi connectivity index (χ0v) is 16.0. The van der Waals surface area contributed by atoms with Gasteiger partial charge in [0.25, 0.3) is 0 Å². The van der Waals surface area contributed by atoms with Crippen LogP contribution in [-0.4, -0.2) is 18.1 Å². The molecule has 0 bridgehead atoms. The maximum atomic E-state index is 6.37. The maximum Gasteiger partial charge on any atom is 0.159 e. The van der Waals surface area contributed by atoms with Crippen LogP contribution in [-0.2, 0) is 0 Å². The summed E-state index contributed by atoms with van der Waals surface area (Å²) in [4.78, 5) is 4.56. The van der Waals surface area contributed by atoms with Crippen LogP contribution in [0.15, 0.2) is 59.3 Å². The predicted octanol–water partition coefficient (Wildman–Crippen LogP) is 6.36. The fourth-order valence-corrected chi connectivity index (χ4v) is 3.86. The lowest BCUT2D eigenvalue weighted by molar-refractivity contribution is 0.383. The quantitative estimate of drug-likeness (QED) is 0.548. The SMILES string of the molecule is CC/C=C(\CC)c1ccc2c(oc3ccccc32)c1N1C=CN(C)[C@H]1C. The average Bonchev–Trinajstić information content (AvgIpc) is 3.19. The van der Waals surface area contributed by atoms with E-state index in [2.05, 4.69) is 86.4 Å². The zero-order chi connectivity index (χ0) is 18.3. The third-order valence-corrected chi connectivity index (χ3v) is 5.41. The summed E-state index contributed by atoms with van der Waals surface area (Å²) in [6.45, 7) is 6.64. The van der Waals surface area contributed by atoms with Gasteiger partial charge in [0.05, 0.1) is 5.69 Å². The Morgan fingerprint density at radius 2 is 1.88 bits per heavy atom. The second-order valence-electron chi connectivity index (χ2n) is 6.93. The number of benzene rings is 2. The molecule has 0 saturated carbocycles. The highest BCUT2D eigenvalue weighted by Crippen LogP contribution is 2.42. The normalized spacial score (nSPS) is 17.8. The molecule has 0 N–H and O–H groups in total. The minimum absolute atomic E-state index is 0.257. The summed E-state index contributed by atoms with van der Waals surface area (Å²) in [6, 6.07) is 12.8. The molecule has 0 aliphatic carbocycles. The van der Waals surface area contributed by atoms with Gasteiger partial charge in [0.2, 0.25) is 0 Å². The largest absolute Gasteiger partial charge is 0.454 e. The van der Waals surface area contributed by atoms with Gasteiger partial charge >= 0.3 is 0 Å². The van der Waals surface area contributed by atoms with Crippen molar-refractivity contribution in [2.75, 3.05) is 11.9 Å². The minimum Gasteiger partial charge on any atom is -0.454 e. The van der Waals surface area contributed by atoms with Crippen molar-refractivity contribution in [1.29, 1.82) is 0 Å². The summed E-state index contributed by atoms with van der Waals surface area (Å²) in [7, 11) is 2.11. The van der Waals surface area contributed by atoms with Gasteiger partial charge in [-0.2, -0.15) is 0 Å². The first kappa shape index (κ1) is 16.8. The van der Waals surface area contributed by atoms with Crippen LogP contribution in [0.5, 0.6) is 0 Å². The molecule has 1 aliphatic heterocycles. The molecule has 26 heavy (non-hydrogen) atoms. The van der Waals surface area contributed by atoms with Crippen LogP contribution in [0.3, 0.4) is 0 Å². The first-order chi connectivity index (χ1) is 12.7. The van der Waals surface area contributed by atoms with Gasteiger partial charge in [-0.05, 0) is 37.5 Å². The van der Waals surface area contributed by atoms with Crippen molar-refractivity contribution in [1.82, 2.24) is 4.90 Å². The molecule has 0 amide bonds. The van der Waals surface area contributed by atoms with Gasteiger partial charge in [0, 0.05) is 35.8 Å². The number of anilines is 1. The van der Waals surface area contributed by atoms with E-state index in [1.807, 2.05) is 6.07 Å². The lowest BCUT2D eigenvalue weighted by Gasteiger charge is -2.29. The molecule has 2 heterocycles. The Hall–Kier alpha value is -2.68. The van der Waals surface area contributed by atoms with Crippen LogP contribution < -0.4 is 4.90 Å². The Morgan fingerprint density at radius 1 is 1.08 bits per heavy atom. The summed E-state index contributed by atoms with van der Waals surface area (Å²) in [5.41, 5.74) is 5.75. The van der Waals surface area contributed by atoms with Crippen LogP contribution in [0, 0.1) is 0 Å². The van der Waals surface area contributed by atoms with Gasteiger partial charge in [-0.3, -0.25) is 0 Å². The number of rotatable bonds is 4. The van der Waals surface area contributed by atoms with Crippen molar-refractivity contribution >= 4 is 33.2 Å². The number of allylic oxidation sites excluding steroid dienone is 2. The molecule has 0 unspecified atom stereocenters. The van der Waals surface area contributed by atoms with Gasteiger partial charge in [-0.25, -0.2) is 0 Å². The molecular weight excluding hydrogens is 320 g/mol. The first-order valence-corrected chi connectivity index (χ1v) is 9.48. The summed E-state index contributed by atoms with van der Waals surface area (Å²) >= 11 is 0. The van der Waals surface area contributed by atoms with E-state index in [0.717, 1.165) is 24.0 Å². The van der Waals surface area contributed by atoms with Gasteiger partial charge < -0.3 is 14.2 Å². The Kier molecular flexibility index (Phi) is 4.23. The Bertz CT molecular complexity index is 1010. The predicted molar refractivity (Wildman–Crippen MR) is 111 cm³/mol. The van der Waals surface area contributed by atoms with Crippen LogP contribution in [0.4, 0.5) is 5.69 Å². The summed E-state index contributed by atoms with van der Waals surface area (Å²) < 4.78 is 6.37. The molecule has 3 aromatic rings. The highest BCUT2D eigenvalue weighted by molar-refractivity contribution is 6.11. The molecule has 0 saturated heterocycles. The summed E-state index contributed by atoms with van der Waals surface area (Å²) in [5.74, 6) is 0. The molecule has 2 aromatic carbocycles. The lowest BCUT2D eigenvalue weighted by Crippen LogP contribution is -2.34. The molecule has 1 aromatic heterocycles. The standard InChI is InChI=1S/C23H26N2O/c1-5-9-17(6-2)18-12-13-20-19-10-7-8-11-21(19)26-23(20)22(18)25-15-14-24(4)16(25)3/h7-16H,5-6H2,1-4H3/b17-9+/t16-/m1/s1. The Labute approximate surface area is 155 Å². The van der Waals surface area contributed by atoms with E-state index in [9.17, 15) is 0 Å². The first-order valence-electron chi connectivity index (χ1n) is 9.48. The Morgan fingerprint density at radius 3 is 2.58 bits per heavy atom. The Balaban J connectivity index is 2.05.